The second kappa shape index (κ2) is 3.79. The summed E-state index contributed by atoms with van der Waals surface area (Å²) in [7, 11) is 1.68. The lowest BCUT2D eigenvalue weighted by Gasteiger charge is -2.25. The molecule has 0 saturated carbocycles. The van der Waals surface area contributed by atoms with Crippen molar-refractivity contribution in [1.29, 1.82) is 0 Å². The monoisotopic (exact) mass is 211 g/mol. The standard InChI is InChI=1S/C11H14ClNO/c1-14-10-6-5-8(12)11-7(10)3-2-4-9(11)13/h5-6,9H,2-4,13H2,1H3/t9-/m1/s1. The van der Waals surface area contributed by atoms with E-state index in [0.717, 1.165) is 35.6 Å². The van der Waals surface area contributed by atoms with Crippen molar-refractivity contribution < 1.29 is 4.74 Å². The summed E-state index contributed by atoms with van der Waals surface area (Å²) in [6.45, 7) is 0. The molecule has 0 spiro atoms. The van der Waals surface area contributed by atoms with Crippen molar-refractivity contribution in [3.8, 4) is 5.75 Å². The van der Waals surface area contributed by atoms with E-state index in [4.69, 9.17) is 22.1 Å². The van der Waals surface area contributed by atoms with Crippen LogP contribution in [0.3, 0.4) is 0 Å². The molecule has 2 N–H and O–H groups in total. The molecule has 0 amide bonds. The van der Waals surface area contributed by atoms with Gasteiger partial charge in [-0.05, 0) is 37.0 Å². The van der Waals surface area contributed by atoms with Crippen LogP contribution in [0.4, 0.5) is 0 Å². The summed E-state index contributed by atoms with van der Waals surface area (Å²) in [5.41, 5.74) is 8.30. The number of halogens is 1. The van der Waals surface area contributed by atoms with Gasteiger partial charge in [0.05, 0.1) is 7.11 Å². The molecule has 0 unspecified atom stereocenters. The van der Waals surface area contributed by atoms with Gasteiger partial charge in [0.25, 0.3) is 0 Å². The van der Waals surface area contributed by atoms with Crippen molar-refractivity contribution in [1.82, 2.24) is 0 Å². The number of hydrogen-bond acceptors (Lipinski definition) is 2. The van der Waals surface area contributed by atoms with Crippen molar-refractivity contribution in [2.24, 2.45) is 5.73 Å². The zero-order valence-electron chi connectivity index (χ0n) is 8.22. The van der Waals surface area contributed by atoms with Crippen LogP contribution in [0.2, 0.25) is 5.02 Å². The van der Waals surface area contributed by atoms with E-state index >= 15 is 0 Å². The summed E-state index contributed by atoms with van der Waals surface area (Å²) in [6.07, 6.45) is 3.15. The van der Waals surface area contributed by atoms with Crippen molar-refractivity contribution in [2.45, 2.75) is 25.3 Å². The van der Waals surface area contributed by atoms with Crippen LogP contribution in [0.1, 0.15) is 30.0 Å². The number of hydrogen-bond donors (Lipinski definition) is 1. The second-order valence-electron chi connectivity index (χ2n) is 3.64. The van der Waals surface area contributed by atoms with Gasteiger partial charge in [-0.25, -0.2) is 0 Å². The molecule has 0 fully saturated rings. The summed E-state index contributed by atoms with van der Waals surface area (Å²) in [4.78, 5) is 0. The van der Waals surface area contributed by atoms with Gasteiger partial charge in [-0.2, -0.15) is 0 Å². The minimum atomic E-state index is 0.0707. The van der Waals surface area contributed by atoms with Gasteiger partial charge in [-0.3, -0.25) is 0 Å². The van der Waals surface area contributed by atoms with Gasteiger partial charge in [-0.1, -0.05) is 11.6 Å². The predicted molar refractivity (Wildman–Crippen MR) is 57.9 cm³/mol. The first-order valence-corrected chi connectivity index (χ1v) is 5.22. The highest BCUT2D eigenvalue weighted by atomic mass is 35.5. The first-order valence-electron chi connectivity index (χ1n) is 4.85. The largest absolute Gasteiger partial charge is 0.496 e. The van der Waals surface area contributed by atoms with E-state index in [-0.39, 0.29) is 6.04 Å². The molecule has 2 nitrogen and oxygen atoms in total. The molecule has 14 heavy (non-hydrogen) atoms. The maximum atomic E-state index is 6.13. The van der Waals surface area contributed by atoms with Crippen molar-refractivity contribution in [3.05, 3.63) is 28.3 Å². The Balaban J connectivity index is 2.57. The Hall–Kier alpha value is -0.730. The molecule has 0 aromatic heterocycles. The smallest absolute Gasteiger partial charge is 0.122 e. The highest BCUT2D eigenvalue weighted by Crippen LogP contribution is 2.38. The van der Waals surface area contributed by atoms with Crippen LogP contribution in [0.5, 0.6) is 5.75 Å². The summed E-state index contributed by atoms with van der Waals surface area (Å²) >= 11 is 6.13. The van der Waals surface area contributed by atoms with E-state index in [9.17, 15) is 0 Å². The lowest BCUT2D eigenvalue weighted by molar-refractivity contribution is 0.403. The van der Waals surface area contributed by atoms with Crippen LogP contribution in [-0.4, -0.2) is 7.11 Å². The Morgan fingerprint density at radius 3 is 3.00 bits per heavy atom. The third kappa shape index (κ3) is 1.49. The minimum Gasteiger partial charge on any atom is -0.496 e. The average molecular weight is 212 g/mol. The lowest BCUT2D eigenvalue weighted by Crippen LogP contribution is -2.18. The molecule has 0 aliphatic heterocycles. The van der Waals surface area contributed by atoms with E-state index in [2.05, 4.69) is 0 Å². The van der Waals surface area contributed by atoms with Gasteiger partial charge >= 0.3 is 0 Å². The van der Waals surface area contributed by atoms with E-state index in [1.54, 1.807) is 7.11 Å². The lowest BCUT2D eigenvalue weighted by atomic mass is 9.87. The molecule has 0 saturated heterocycles. The number of fused-ring (bicyclic) bond motifs is 1. The average Bonchev–Trinajstić information content (AvgIpc) is 2.18. The molecule has 1 aromatic rings. The molecular weight excluding hydrogens is 198 g/mol. The van der Waals surface area contributed by atoms with Gasteiger partial charge in [0.15, 0.2) is 0 Å². The Kier molecular flexibility index (Phi) is 2.66. The van der Waals surface area contributed by atoms with Crippen molar-refractivity contribution in [2.75, 3.05) is 7.11 Å². The van der Waals surface area contributed by atoms with E-state index in [1.807, 2.05) is 12.1 Å². The molecule has 1 aliphatic rings. The van der Waals surface area contributed by atoms with Crippen molar-refractivity contribution >= 4 is 11.6 Å². The maximum absolute atomic E-state index is 6.13. The predicted octanol–water partition coefficient (Wildman–Crippen LogP) is 2.68. The van der Waals surface area contributed by atoms with Crippen LogP contribution in [0, 0.1) is 0 Å². The number of ether oxygens (including phenoxy) is 1. The Morgan fingerprint density at radius 2 is 2.29 bits per heavy atom. The third-order valence-corrected chi connectivity index (χ3v) is 3.12. The number of rotatable bonds is 1. The molecule has 3 heteroatoms. The minimum absolute atomic E-state index is 0.0707. The first kappa shape index (κ1) is 9.81. The zero-order valence-corrected chi connectivity index (χ0v) is 8.97. The van der Waals surface area contributed by atoms with Gasteiger partial charge in [0, 0.05) is 16.6 Å². The fourth-order valence-corrected chi connectivity index (χ4v) is 2.43. The first-order chi connectivity index (χ1) is 6.74. The van der Waals surface area contributed by atoms with E-state index < -0.39 is 0 Å². The summed E-state index contributed by atoms with van der Waals surface area (Å²) in [5, 5.41) is 0.771. The van der Waals surface area contributed by atoms with Crippen LogP contribution in [0.15, 0.2) is 12.1 Å². The number of benzene rings is 1. The highest BCUT2D eigenvalue weighted by molar-refractivity contribution is 6.31. The quantitative estimate of drug-likeness (QED) is 0.775. The van der Waals surface area contributed by atoms with Gasteiger partial charge in [-0.15, -0.1) is 0 Å². The molecule has 2 rings (SSSR count). The molecule has 0 heterocycles. The van der Waals surface area contributed by atoms with Crippen LogP contribution in [-0.2, 0) is 6.42 Å². The second-order valence-corrected chi connectivity index (χ2v) is 4.05. The van der Waals surface area contributed by atoms with Gasteiger partial charge < -0.3 is 10.5 Å². The Labute approximate surface area is 89.0 Å². The van der Waals surface area contributed by atoms with Crippen LogP contribution in [0.25, 0.3) is 0 Å². The highest BCUT2D eigenvalue weighted by Gasteiger charge is 2.22. The summed E-state index contributed by atoms with van der Waals surface area (Å²) < 4.78 is 5.30. The molecule has 76 valence electrons. The normalized spacial score (nSPS) is 20.4. The molecule has 0 radical (unpaired) electrons. The molecule has 1 aromatic carbocycles. The van der Waals surface area contributed by atoms with Crippen LogP contribution < -0.4 is 10.5 Å². The summed E-state index contributed by atoms with van der Waals surface area (Å²) in [5.74, 6) is 0.916. The van der Waals surface area contributed by atoms with E-state index in [1.165, 1.54) is 5.56 Å². The van der Waals surface area contributed by atoms with Gasteiger partial charge in [0.1, 0.15) is 5.75 Å². The molecule has 1 aliphatic carbocycles. The van der Waals surface area contributed by atoms with Gasteiger partial charge in [0.2, 0.25) is 0 Å². The van der Waals surface area contributed by atoms with Crippen LogP contribution >= 0.6 is 11.6 Å². The fourth-order valence-electron chi connectivity index (χ4n) is 2.11. The number of methoxy groups -OCH3 is 1. The summed E-state index contributed by atoms with van der Waals surface area (Å²) in [6, 6.07) is 3.85. The van der Waals surface area contributed by atoms with Crippen molar-refractivity contribution in [3.63, 3.8) is 0 Å². The SMILES string of the molecule is COc1ccc(Cl)c2c1CCC[C@H]2N. The Morgan fingerprint density at radius 1 is 1.50 bits per heavy atom. The third-order valence-electron chi connectivity index (χ3n) is 2.79. The maximum Gasteiger partial charge on any atom is 0.122 e. The number of nitrogens with two attached hydrogens (primary N) is 1. The topological polar surface area (TPSA) is 35.2 Å². The zero-order chi connectivity index (χ0) is 10.1. The Bertz CT molecular complexity index is 351. The fraction of sp³-hybridized carbons (Fsp3) is 0.455. The van der Waals surface area contributed by atoms with E-state index in [0.29, 0.717) is 0 Å². The molecule has 1 atom stereocenters. The molecule has 0 bridgehead atoms. The molecular formula is C11H14ClNO.